The first-order valence-electron chi connectivity index (χ1n) is 12.0. The zero-order valence-corrected chi connectivity index (χ0v) is 20.9. The van der Waals surface area contributed by atoms with Crippen LogP contribution in [0.5, 0.6) is 5.75 Å². The van der Waals surface area contributed by atoms with Crippen LogP contribution in [0.3, 0.4) is 0 Å². The normalized spacial score (nSPS) is 17.7. The lowest BCUT2D eigenvalue weighted by Crippen LogP contribution is -2.32. The van der Waals surface area contributed by atoms with Gasteiger partial charge in [0.1, 0.15) is 11.5 Å². The number of benzene rings is 2. The molecule has 1 atom stereocenters. The number of hydrogen-bond donors (Lipinski definition) is 1. The molecule has 1 fully saturated rings. The summed E-state index contributed by atoms with van der Waals surface area (Å²) in [6.07, 6.45) is 1.58. The Morgan fingerprint density at radius 2 is 1.82 bits per heavy atom. The van der Waals surface area contributed by atoms with Crippen molar-refractivity contribution in [3.05, 3.63) is 70.8 Å². The van der Waals surface area contributed by atoms with Crippen LogP contribution in [0, 0.1) is 0 Å². The number of aliphatic hydroxyl groups is 1. The molecule has 182 valence electrons. The Labute approximate surface area is 202 Å². The molecule has 2 aromatic rings. The summed E-state index contributed by atoms with van der Waals surface area (Å²) >= 11 is 0. The predicted octanol–water partition coefficient (Wildman–Crippen LogP) is 4.97. The maximum atomic E-state index is 13.2. The molecule has 0 radical (unpaired) electrons. The van der Waals surface area contributed by atoms with E-state index in [-0.39, 0.29) is 11.3 Å². The van der Waals surface area contributed by atoms with Gasteiger partial charge in [-0.3, -0.25) is 9.59 Å². The highest BCUT2D eigenvalue weighted by Gasteiger charge is 2.45. The van der Waals surface area contributed by atoms with Crippen LogP contribution in [0.15, 0.2) is 54.1 Å². The molecule has 6 heteroatoms. The highest BCUT2D eigenvalue weighted by atomic mass is 16.5. The van der Waals surface area contributed by atoms with Gasteiger partial charge in [-0.1, -0.05) is 57.2 Å². The predicted molar refractivity (Wildman–Crippen MR) is 135 cm³/mol. The molecule has 0 aromatic heterocycles. The van der Waals surface area contributed by atoms with Crippen molar-refractivity contribution in [1.29, 1.82) is 0 Å². The molecule has 1 aliphatic rings. The summed E-state index contributed by atoms with van der Waals surface area (Å²) in [5, 5.41) is 11.3. The zero-order chi connectivity index (χ0) is 24.8. The fourth-order valence-electron chi connectivity index (χ4n) is 4.19. The van der Waals surface area contributed by atoms with Gasteiger partial charge in [-0.25, -0.2) is 0 Å². The molecular weight excluding hydrogens is 428 g/mol. The number of amides is 1. The molecule has 1 saturated heterocycles. The van der Waals surface area contributed by atoms with E-state index in [4.69, 9.17) is 4.74 Å². The lowest BCUT2D eigenvalue weighted by atomic mass is 9.93. The molecule has 0 bridgehead atoms. The number of nitrogens with zero attached hydrogens (tertiary/aromatic N) is 2. The molecule has 1 aliphatic heterocycles. The van der Waals surface area contributed by atoms with Crippen LogP contribution >= 0.6 is 0 Å². The molecule has 34 heavy (non-hydrogen) atoms. The van der Waals surface area contributed by atoms with Gasteiger partial charge in [0.05, 0.1) is 18.2 Å². The fourth-order valence-corrected chi connectivity index (χ4v) is 4.19. The monoisotopic (exact) mass is 464 g/mol. The average molecular weight is 465 g/mol. The summed E-state index contributed by atoms with van der Waals surface area (Å²) in [4.78, 5) is 29.9. The van der Waals surface area contributed by atoms with Crippen molar-refractivity contribution in [3.8, 4) is 5.75 Å². The van der Waals surface area contributed by atoms with Crippen LogP contribution in [0.2, 0.25) is 0 Å². The van der Waals surface area contributed by atoms with Crippen molar-refractivity contribution in [2.24, 2.45) is 0 Å². The molecule has 1 amide bonds. The second-order valence-electron chi connectivity index (χ2n) is 9.35. The number of ether oxygens (including phenoxy) is 1. The average Bonchev–Trinajstić information content (AvgIpc) is 3.07. The summed E-state index contributed by atoms with van der Waals surface area (Å²) in [5.41, 5.74) is 2.57. The molecule has 2 aromatic carbocycles. The van der Waals surface area contributed by atoms with E-state index in [1.165, 1.54) is 5.56 Å². The Morgan fingerprint density at radius 1 is 1.12 bits per heavy atom. The molecule has 1 heterocycles. The number of likely N-dealkylation sites (tertiary alicyclic amines) is 1. The first-order valence-corrected chi connectivity index (χ1v) is 12.0. The maximum absolute atomic E-state index is 13.2. The van der Waals surface area contributed by atoms with Gasteiger partial charge in [0.2, 0.25) is 0 Å². The summed E-state index contributed by atoms with van der Waals surface area (Å²) in [6, 6.07) is 14.4. The first kappa shape index (κ1) is 25.5. The summed E-state index contributed by atoms with van der Waals surface area (Å²) in [7, 11) is 3.95. The van der Waals surface area contributed by atoms with Crippen molar-refractivity contribution < 1.29 is 19.4 Å². The molecule has 0 aliphatic carbocycles. The van der Waals surface area contributed by atoms with Gasteiger partial charge in [0.25, 0.3) is 11.7 Å². The van der Waals surface area contributed by atoms with Crippen molar-refractivity contribution in [1.82, 2.24) is 9.80 Å². The van der Waals surface area contributed by atoms with Gasteiger partial charge in [0, 0.05) is 12.1 Å². The third-order valence-corrected chi connectivity index (χ3v) is 6.04. The maximum Gasteiger partial charge on any atom is 0.295 e. The molecule has 1 N–H and O–H groups in total. The zero-order valence-electron chi connectivity index (χ0n) is 20.9. The lowest BCUT2D eigenvalue weighted by molar-refractivity contribution is -0.139. The second kappa shape index (κ2) is 11.3. The van der Waals surface area contributed by atoms with Gasteiger partial charge in [-0.15, -0.1) is 0 Å². The van der Waals surface area contributed by atoms with E-state index in [1.807, 2.05) is 56.3 Å². The standard InChI is InChI=1S/C28H36N2O4/c1-6-17-34-23-10-7-9-22(18-23)26(31)24-25(21-13-11-20(12-14-21)19(2)3)30(28(33)27(24)32)16-8-15-29(4)5/h7,9-14,18-19,25,31H,6,8,15-17H2,1-5H3/b26-24-. The Bertz CT molecular complexity index is 1040. The Hall–Kier alpha value is -3.12. The van der Waals surface area contributed by atoms with Crippen LogP contribution in [0.25, 0.3) is 5.76 Å². The van der Waals surface area contributed by atoms with Gasteiger partial charge in [-0.05, 0) is 62.7 Å². The number of rotatable bonds is 10. The van der Waals surface area contributed by atoms with Crippen molar-refractivity contribution in [3.63, 3.8) is 0 Å². The highest BCUT2D eigenvalue weighted by Crippen LogP contribution is 2.40. The smallest absolute Gasteiger partial charge is 0.295 e. The van der Waals surface area contributed by atoms with Crippen molar-refractivity contribution in [2.45, 2.75) is 45.6 Å². The van der Waals surface area contributed by atoms with E-state index < -0.39 is 17.7 Å². The second-order valence-corrected chi connectivity index (χ2v) is 9.35. The number of ketones is 1. The van der Waals surface area contributed by atoms with Crippen LogP contribution in [0.1, 0.15) is 62.3 Å². The number of hydrogen-bond acceptors (Lipinski definition) is 5. The van der Waals surface area contributed by atoms with Crippen LogP contribution in [-0.4, -0.2) is 60.4 Å². The van der Waals surface area contributed by atoms with Gasteiger partial charge in [-0.2, -0.15) is 0 Å². The lowest BCUT2D eigenvalue weighted by Gasteiger charge is -2.26. The minimum Gasteiger partial charge on any atom is -0.507 e. The highest BCUT2D eigenvalue weighted by molar-refractivity contribution is 6.46. The third kappa shape index (κ3) is 5.68. The van der Waals surface area contributed by atoms with Crippen molar-refractivity contribution in [2.75, 3.05) is 33.8 Å². The van der Waals surface area contributed by atoms with Crippen LogP contribution in [0.4, 0.5) is 0 Å². The Morgan fingerprint density at radius 3 is 2.44 bits per heavy atom. The van der Waals surface area contributed by atoms with Crippen molar-refractivity contribution >= 4 is 17.4 Å². The molecule has 3 rings (SSSR count). The summed E-state index contributed by atoms with van der Waals surface area (Å²) < 4.78 is 5.70. The van der Waals surface area contributed by atoms with E-state index in [1.54, 1.807) is 23.1 Å². The fraction of sp³-hybridized carbons (Fsp3) is 0.429. The minimum absolute atomic E-state index is 0.125. The molecule has 0 spiro atoms. The summed E-state index contributed by atoms with van der Waals surface area (Å²) in [6.45, 7) is 8.04. The van der Waals surface area contributed by atoms with E-state index >= 15 is 0 Å². The number of aliphatic hydroxyl groups excluding tert-OH is 1. The third-order valence-electron chi connectivity index (χ3n) is 6.04. The first-order chi connectivity index (χ1) is 16.2. The molecule has 6 nitrogen and oxygen atoms in total. The van der Waals surface area contributed by atoms with E-state index in [0.29, 0.717) is 30.4 Å². The topological polar surface area (TPSA) is 70.1 Å². The number of Topliss-reactive ketones (excluding diaryl/α,β-unsaturated/α-hetero) is 1. The Kier molecular flexibility index (Phi) is 8.51. The molecular formula is C28H36N2O4. The SMILES string of the molecule is CCCOc1cccc(/C(O)=C2/C(=O)C(=O)N(CCCN(C)C)C2c2ccc(C(C)C)cc2)c1. The van der Waals surface area contributed by atoms with Crippen LogP contribution in [-0.2, 0) is 9.59 Å². The van der Waals surface area contributed by atoms with Crippen LogP contribution < -0.4 is 4.74 Å². The largest absolute Gasteiger partial charge is 0.507 e. The van der Waals surface area contributed by atoms with Gasteiger partial charge < -0.3 is 19.6 Å². The van der Waals surface area contributed by atoms with E-state index in [9.17, 15) is 14.7 Å². The van der Waals surface area contributed by atoms with Gasteiger partial charge in [0.15, 0.2) is 0 Å². The minimum atomic E-state index is -0.653. The number of carbonyl (C=O) groups is 2. The quantitative estimate of drug-likeness (QED) is 0.305. The van der Waals surface area contributed by atoms with E-state index in [2.05, 4.69) is 13.8 Å². The number of carbonyl (C=O) groups excluding carboxylic acids is 2. The summed E-state index contributed by atoms with van der Waals surface area (Å²) in [5.74, 6) is -0.416. The molecule has 0 saturated carbocycles. The van der Waals surface area contributed by atoms with E-state index in [0.717, 1.165) is 24.9 Å². The Balaban J connectivity index is 2.06. The molecule has 1 unspecified atom stereocenters. The van der Waals surface area contributed by atoms with Gasteiger partial charge >= 0.3 is 0 Å².